The highest BCUT2D eigenvalue weighted by atomic mass is 16.1. The predicted molar refractivity (Wildman–Crippen MR) is 58.0 cm³/mol. The Balaban J connectivity index is 2.10. The summed E-state index contributed by atoms with van der Waals surface area (Å²) < 4.78 is 0. The summed E-state index contributed by atoms with van der Waals surface area (Å²) >= 11 is 0. The number of carbonyl (C=O) groups excluding carboxylic acids is 1. The van der Waals surface area contributed by atoms with Gasteiger partial charge in [0.2, 0.25) is 0 Å². The second kappa shape index (κ2) is 3.67. The highest BCUT2D eigenvalue weighted by molar-refractivity contribution is 5.53. The molecule has 0 amide bonds. The zero-order valence-corrected chi connectivity index (χ0v) is 9.46. The minimum atomic E-state index is 0.369. The first-order chi connectivity index (χ1) is 6.63. The Kier molecular flexibility index (Phi) is 2.68. The van der Waals surface area contributed by atoms with E-state index in [1.807, 2.05) is 0 Å². The monoisotopic (exact) mass is 194 g/mol. The highest BCUT2D eigenvalue weighted by Gasteiger charge is 2.42. The summed E-state index contributed by atoms with van der Waals surface area (Å²) in [6, 6.07) is 0. The summed E-state index contributed by atoms with van der Waals surface area (Å²) in [6.07, 6.45) is 9.00. The van der Waals surface area contributed by atoms with Gasteiger partial charge in [0.15, 0.2) is 0 Å². The standard InChI is InChI=1S/C13H22O/c1-13(2)7-3-4-11-6-5-10(9-14)8-12(11)13/h9-12H,3-8H2,1-2H3. The minimum absolute atomic E-state index is 0.369. The Morgan fingerprint density at radius 1 is 1.21 bits per heavy atom. The van der Waals surface area contributed by atoms with Gasteiger partial charge in [-0.15, -0.1) is 0 Å². The van der Waals surface area contributed by atoms with Crippen LogP contribution in [0.15, 0.2) is 0 Å². The van der Waals surface area contributed by atoms with Crippen molar-refractivity contribution in [3.05, 3.63) is 0 Å². The number of carbonyl (C=O) groups is 1. The van der Waals surface area contributed by atoms with E-state index in [1.54, 1.807) is 0 Å². The van der Waals surface area contributed by atoms with Crippen molar-refractivity contribution in [1.82, 2.24) is 0 Å². The molecule has 0 spiro atoms. The molecule has 0 bridgehead atoms. The van der Waals surface area contributed by atoms with Crippen LogP contribution in [0, 0.1) is 23.2 Å². The fourth-order valence-corrected chi connectivity index (χ4v) is 3.70. The molecular formula is C13H22O. The van der Waals surface area contributed by atoms with Crippen molar-refractivity contribution in [3.8, 4) is 0 Å². The van der Waals surface area contributed by atoms with E-state index in [0.29, 0.717) is 11.3 Å². The molecule has 0 heterocycles. The molecule has 0 aromatic rings. The molecule has 2 rings (SSSR count). The number of hydrogen-bond donors (Lipinski definition) is 0. The van der Waals surface area contributed by atoms with Gasteiger partial charge < -0.3 is 4.79 Å². The van der Waals surface area contributed by atoms with Crippen molar-refractivity contribution in [2.75, 3.05) is 0 Å². The lowest BCUT2D eigenvalue weighted by Gasteiger charge is -2.48. The van der Waals surface area contributed by atoms with Crippen molar-refractivity contribution in [2.24, 2.45) is 23.2 Å². The van der Waals surface area contributed by atoms with Gasteiger partial charge in [-0.1, -0.05) is 26.7 Å². The van der Waals surface area contributed by atoms with Crippen molar-refractivity contribution in [2.45, 2.75) is 52.4 Å². The van der Waals surface area contributed by atoms with Gasteiger partial charge in [0.25, 0.3) is 0 Å². The third-order valence-electron chi connectivity index (χ3n) is 4.63. The van der Waals surface area contributed by atoms with Crippen LogP contribution in [0.4, 0.5) is 0 Å². The average Bonchev–Trinajstić information content (AvgIpc) is 2.17. The van der Waals surface area contributed by atoms with Crippen molar-refractivity contribution in [1.29, 1.82) is 0 Å². The third-order valence-corrected chi connectivity index (χ3v) is 4.63. The van der Waals surface area contributed by atoms with Gasteiger partial charge in [-0.2, -0.15) is 0 Å². The molecule has 1 nitrogen and oxygen atoms in total. The highest BCUT2D eigenvalue weighted by Crippen LogP contribution is 2.51. The maximum Gasteiger partial charge on any atom is 0.123 e. The van der Waals surface area contributed by atoms with Gasteiger partial charge in [0.1, 0.15) is 6.29 Å². The van der Waals surface area contributed by atoms with E-state index in [9.17, 15) is 4.79 Å². The van der Waals surface area contributed by atoms with E-state index in [2.05, 4.69) is 13.8 Å². The molecule has 0 aliphatic heterocycles. The summed E-state index contributed by atoms with van der Waals surface area (Å²) in [7, 11) is 0. The summed E-state index contributed by atoms with van der Waals surface area (Å²) in [5, 5.41) is 0. The fraction of sp³-hybridized carbons (Fsp3) is 0.923. The van der Waals surface area contributed by atoms with E-state index < -0.39 is 0 Å². The normalized spacial score (nSPS) is 41.4. The van der Waals surface area contributed by atoms with Crippen LogP contribution in [0.3, 0.4) is 0 Å². The van der Waals surface area contributed by atoms with Crippen LogP contribution in [0.5, 0.6) is 0 Å². The first-order valence-corrected chi connectivity index (χ1v) is 6.09. The maximum atomic E-state index is 10.8. The Morgan fingerprint density at radius 2 is 2.00 bits per heavy atom. The van der Waals surface area contributed by atoms with Crippen molar-refractivity contribution in [3.63, 3.8) is 0 Å². The van der Waals surface area contributed by atoms with Crippen LogP contribution >= 0.6 is 0 Å². The Bertz CT molecular complexity index is 219. The Labute approximate surface area is 87.3 Å². The molecule has 2 saturated carbocycles. The summed E-state index contributed by atoms with van der Waals surface area (Å²) in [5.41, 5.74) is 0.491. The van der Waals surface area contributed by atoms with Gasteiger partial charge in [0.05, 0.1) is 0 Å². The molecule has 2 aliphatic rings. The molecule has 3 atom stereocenters. The average molecular weight is 194 g/mol. The Hall–Kier alpha value is -0.330. The fourth-order valence-electron chi connectivity index (χ4n) is 3.70. The van der Waals surface area contributed by atoms with Crippen molar-refractivity contribution >= 4 is 6.29 Å². The molecule has 1 heteroatoms. The first-order valence-electron chi connectivity index (χ1n) is 6.09. The summed E-state index contributed by atoms with van der Waals surface area (Å²) in [4.78, 5) is 10.8. The molecular weight excluding hydrogens is 172 g/mol. The number of rotatable bonds is 1. The molecule has 80 valence electrons. The molecule has 3 unspecified atom stereocenters. The quantitative estimate of drug-likeness (QED) is 0.584. The summed E-state index contributed by atoms with van der Waals surface area (Å²) in [5.74, 6) is 2.11. The topological polar surface area (TPSA) is 17.1 Å². The second-order valence-electron chi connectivity index (χ2n) is 5.96. The molecule has 2 fully saturated rings. The van der Waals surface area contributed by atoms with Gasteiger partial charge in [0, 0.05) is 5.92 Å². The van der Waals surface area contributed by atoms with Crippen LogP contribution in [-0.2, 0) is 4.79 Å². The number of hydrogen-bond acceptors (Lipinski definition) is 1. The van der Waals surface area contributed by atoms with E-state index in [4.69, 9.17) is 0 Å². The second-order valence-corrected chi connectivity index (χ2v) is 5.96. The van der Waals surface area contributed by atoms with Crippen LogP contribution in [-0.4, -0.2) is 6.29 Å². The van der Waals surface area contributed by atoms with Gasteiger partial charge >= 0.3 is 0 Å². The smallest absolute Gasteiger partial charge is 0.123 e. The number of aldehydes is 1. The third kappa shape index (κ3) is 1.74. The minimum Gasteiger partial charge on any atom is -0.303 e. The zero-order chi connectivity index (χ0) is 10.2. The van der Waals surface area contributed by atoms with E-state index >= 15 is 0 Å². The van der Waals surface area contributed by atoms with E-state index in [-0.39, 0.29) is 0 Å². The van der Waals surface area contributed by atoms with Crippen molar-refractivity contribution < 1.29 is 4.79 Å². The van der Waals surface area contributed by atoms with Gasteiger partial charge in [-0.05, 0) is 42.9 Å². The van der Waals surface area contributed by atoms with Crippen LogP contribution in [0.1, 0.15) is 52.4 Å². The predicted octanol–water partition coefficient (Wildman–Crippen LogP) is 3.43. The van der Waals surface area contributed by atoms with E-state index in [0.717, 1.165) is 18.3 Å². The van der Waals surface area contributed by atoms with E-state index in [1.165, 1.54) is 38.4 Å². The first kappa shape index (κ1) is 10.2. The van der Waals surface area contributed by atoms with Gasteiger partial charge in [-0.25, -0.2) is 0 Å². The lowest BCUT2D eigenvalue weighted by atomic mass is 9.57. The lowest BCUT2D eigenvalue weighted by molar-refractivity contribution is -0.114. The molecule has 0 aromatic heterocycles. The molecule has 14 heavy (non-hydrogen) atoms. The summed E-state index contributed by atoms with van der Waals surface area (Å²) in [6.45, 7) is 4.80. The molecule has 0 aromatic carbocycles. The lowest BCUT2D eigenvalue weighted by Crippen LogP contribution is -2.39. The Morgan fingerprint density at radius 3 is 2.71 bits per heavy atom. The SMILES string of the molecule is CC1(C)CCCC2CCC(C=O)CC21. The van der Waals surface area contributed by atoms with Gasteiger partial charge in [-0.3, -0.25) is 0 Å². The molecule has 0 saturated heterocycles. The van der Waals surface area contributed by atoms with Crippen LogP contribution < -0.4 is 0 Å². The molecule has 2 aliphatic carbocycles. The number of fused-ring (bicyclic) bond motifs is 1. The van der Waals surface area contributed by atoms with Crippen LogP contribution in [0.2, 0.25) is 0 Å². The molecule has 0 N–H and O–H groups in total. The maximum absolute atomic E-state index is 10.8. The molecule has 0 radical (unpaired) electrons. The van der Waals surface area contributed by atoms with Crippen LogP contribution in [0.25, 0.3) is 0 Å². The largest absolute Gasteiger partial charge is 0.303 e. The zero-order valence-electron chi connectivity index (χ0n) is 9.46.